The topological polar surface area (TPSA) is 53.4 Å². The van der Waals surface area contributed by atoms with Gasteiger partial charge in [-0.3, -0.25) is 0 Å². The van der Waals surface area contributed by atoms with E-state index in [1.807, 2.05) is 0 Å². The van der Waals surface area contributed by atoms with Crippen molar-refractivity contribution in [3.8, 4) is 0 Å². The first kappa shape index (κ1) is 12.2. The van der Waals surface area contributed by atoms with Crippen molar-refractivity contribution in [1.82, 2.24) is 4.98 Å². The van der Waals surface area contributed by atoms with Crippen molar-refractivity contribution >= 4 is 22.4 Å². The standard InChI is InChI=1S/C9H9F3N2O2S/c10-9(11,12)4-14(5-1-2-5)8-13-3-6(17-8)7(15)16/h3,5H,1-2,4H2,(H,15,16). The molecule has 1 aliphatic carbocycles. The highest BCUT2D eigenvalue weighted by Gasteiger charge is 2.39. The average molecular weight is 266 g/mol. The summed E-state index contributed by atoms with van der Waals surface area (Å²) in [7, 11) is 0. The Bertz CT molecular complexity index is 428. The van der Waals surface area contributed by atoms with Crippen molar-refractivity contribution in [3.05, 3.63) is 11.1 Å². The quantitative estimate of drug-likeness (QED) is 0.909. The van der Waals surface area contributed by atoms with Crippen molar-refractivity contribution in [2.75, 3.05) is 11.4 Å². The minimum Gasteiger partial charge on any atom is -0.477 e. The SMILES string of the molecule is O=C(O)c1cnc(N(CC(F)(F)F)C2CC2)s1. The molecule has 1 aliphatic rings. The summed E-state index contributed by atoms with van der Waals surface area (Å²) < 4.78 is 37.1. The van der Waals surface area contributed by atoms with Gasteiger partial charge in [0.25, 0.3) is 0 Å². The van der Waals surface area contributed by atoms with E-state index in [1.54, 1.807) is 0 Å². The molecule has 17 heavy (non-hydrogen) atoms. The summed E-state index contributed by atoms with van der Waals surface area (Å²) in [4.78, 5) is 15.5. The van der Waals surface area contributed by atoms with E-state index in [0.717, 1.165) is 22.4 Å². The molecule has 0 radical (unpaired) electrons. The van der Waals surface area contributed by atoms with Crippen molar-refractivity contribution in [3.63, 3.8) is 0 Å². The lowest BCUT2D eigenvalue weighted by atomic mass is 10.5. The van der Waals surface area contributed by atoms with E-state index < -0.39 is 18.7 Å². The summed E-state index contributed by atoms with van der Waals surface area (Å²) in [5, 5.41) is 8.82. The molecule has 0 atom stereocenters. The van der Waals surface area contributed by atoms with Crippen LogP contribution in [0.5, 0.6) is 0 Å². The molecule has 8 heteroatoms. The Morgan fingerprint density at radius 1 is 1.59 bits per heavy atom. The molecule has 0 aromatic carbocycles. The number of hydrogen-bond donors (Lipinski definition) is 1. The van der Waals surface area contributed by atoms with E-state index in [-0.39, 0.29) is 16.1 Å². The fourth-order valence-corrected chi connectivity index (χ4v) is 2.25. The number of alkyl halides is 3. The normalized spacial score (nSPS) is 15.9. The fourth-order valence-electron chi connectivity index (χ4n) is 1.43. The first-order valence-corrected chi connectivity index (χ1v) is 5.71. The van der Waals surface area contributed by atoms with Crippen molar-refractivity contribution in [1.29, 1.82) is 0 Å². The van der Waals surface area contributed by atoms with Crippen LogP contribution in [0, 0.1) is 0 Å². The second kappa shape index (κ2) is 4.17. The number of rotatable bonds is 4. The molecule has 0 amide bonds. The number of carbonyl (C=O) groups is 1. The number of carboxylic acid groups (broad SMARTS) is 1. The summed E-state index contributed by atoms with van der Waals surface area (Å²) >= 11 is 0.773. The van der Waals surface area contributed by atoms with Gasteiger partial charge in [-0.1, -0.05) is 11.3 Å². The number of halogens is 3. The molecule has 0 saturated heterocycles. The number of hydrogen-bond acceptors (Lipinski definition) is 4. The molecular weight excluding hydrogens is 257 g/mol. The van der Waals surface area contributed by atoms with Gasteiger partial charge in [-0.25, -0.2) is 9.78 Å². The zero-order chi connectivity index (χ0) is 12.6. The van der Waals surface area contributed by atoms with Crippen LogP contribution >= 0.6 is 11.3 Å². The Kier molecular flexibility index (Phi) is 2.98. The first-order valence-electron chi connectivity index (χ1n) is 4.89. The Labute approximate surface area is 98.7 Å². The largest absolute Gasteiger partial charge is 0.477 e. The predicted molar refractivity (Wildman–Crippen MR) is 55.5 cm³/mol. The van der Waals surface area contributed by atoms with Gasteiger partial charge < -0.3 is 10.0 Å². The molecule has 0 unspecified atom stereocenters. The van der Waals surface area contributed by atoms with Crippen LogP contribution in [-0.2, 0) is 0 Å². The van der Waals surface area contributed by atoms with E-state index in [2.05, 4.69) is 4.98 Å². The van der Waals surface area contributed by atoms with E-state index in [1.165, 1.54) is 0 Å². The number of nitrogens with zero attached hydrogens (tertiary/aromatic N) is 2. The lowest BCUT2D eigenvalue weighted by Gasteiger charge is -2.22. The number of aromatic carboxylic acids is 1. The van der Waals surface area contributed by atoms with Gasteiger partial charge in [0.15, 0.2) is 5.13 Å². The van der Waals surface area contributed by atoms with Gasteiger partial charge in [0.1, 0.15) is 11.4 Å². The molecule has 0 aliphatic heterocycles. The summed E-state index contributed by atoms with van der Waals surface area (Å²) in [5.74, 6) is -1.17. The zero-order valence-corrected chi connectivity index (χ0v) is 9.38. The lowest BCUT2D eigenvalue weighted by Crippen LogP contribution is -2.35. The van der Waals surface area contributed by atoms with Crippen LogP contribution < -0.4 is 4.90 Å². The Balaban J connectivity index is 2.17. The molecule has 1 heterocycles. The third-order valence-corrected chi connectivity index (χ3v) is 3.31. The third kappa shape index (κ3) is 3.09. The van der Waals surface area contributed by atoms with Crippen LogP contribution in [0.4, 0.5) is 18.3 Å². The molecule has 1 saturated carbocycles. The molecule has 94 valence electrons. The van der Waals surface area contributed by atoms with Crippen LogP contribution in [0.2, 0.25) is 0 Å². The van der Waals surface area contributed by atoms with E-state index in [0.29, 0.717) is 12.8 Å². The van der Waals surface area contributed by atoms with E-state index in [9.17, 15) is 18.0 Å². The van der Waals surface area contributed by atoms with Gasteiger partial charge in [0, 0.05) is 6.04 Å². The maximum Gasteiger partial charge on any atom is 0.406 e. The second-order valence-electron chi connectivity index (χ2n) is 3.79. The monoisotopic (exact) mass is 266 g/mol. The Morgan fingerprint density at radius 3 is 2.65 bits per heavy atom. The van der Waals surface area contributed by atoms with Crippen LogP contribution in [-0.4, -0.2) is 34.8 Å². The van der Waals surface area contributed by atoms with Crippen molar-refractivity contribution in [2.24, 2.45) is 0 Å². The fraction of sp³-hybridized carbons (Fsp3) is 0.556. The molecular formula is C9H9F3N2O2S. The summed E-state index contributed by atoms with van der Waals surface area (Å²) in [6, 6.07) is -0.163. The smallest absolute Gasteiger partial charge is 0.406 e. The second-order valence-corrected chi connectivity index (χ2v) is 4.80. The highest BCUT2D eigenvalue weighted by molar-refractivity contribution is 7.17. The average Bonchev–Trinajstić information content (AvgIpc) is 2.90. The van der Waals surface area contributed by atoms with Crippen molar-refractivity contribution in [2.45, 2.75) is 25.1 Å². The molecule has 1 N–H and O–H groups in total. The predicted octanol–water partition coefficient (Wildman–Crippen LogP) is 2.37. The maximum atomic E-state index is 12.4. The van der Waals surface area contributed by atoms with Gasteiger partial charge in [-0.2, -0.15) is 13.2 Å². The molecule has 0 spiro atoms. The third-order valence-electron chi connectivity index (χ3n) is 2.29. The Morgan fingerprint density at radius 2 is 2.24 bits per heavy atom. The first-order chi connectivity index (χ1) is 7.87. The maximum absolute atomic E-state index is 12.4. The summed E-state index contributed by atoms with van der Waals surface area (Å²) in [5.41, 5.74) is 0. The number of carboxylic acids is 1. The molecule has 1 fully saturated rings. The number of thiazole rings is 1. The van der Waals surface area contributed by atoms with Crippen LogP contribution in [0.25, 0.3) is 0 Å². The van der Waals surface area contributed by atoms with Gasteiger partial charge in [-0.15, -0.1) is 0 Å². The highest BCUT2D eigenvalue weighted by Crippen LogP contribution is 2.36. The molecule has 4 nitrogen and oxygen atoms in total. The molecule has 2 rings (SSSR count). The van der Waals surface area contributed by atoms with Gasteiger partial charge in [-0.05, 0) is 12.8 Å². The lowest BCUT2D eigenvalue weighted by molar-refractivity contribution is -0.120. The van der Waals surface area contributed by atoms with Crippen LogP contribution in [0.15, 0.2) is 6.20 Å². The summed E-state index contributed by atoms with van der Waals surface area (Å²) in [6.45, 7) is -1.08. The summed E-state index contributed by atoms with van der Waals surface area (Å²) in [6.07, 6.45) is -1.83. The minimum atomic E-state index is -4.31. The molecule has 1 aromatic heterocycles. The van der Waals surface area contributed by atoms with Gasteiger partial charge >= 0.3 is 12.1 Å². The zero-order valence-electron chi connectivity index (χ0n) is 8.57. The van der Waals surface area contributed by atoms with Crippen molar-refractivity contribution < 1.29 is 23.1 Å². The van der Waals surface area contributed by atoms with E-state index in [4.69, 9.17) is 5.11 Å². The van der Waals surface area contributed by atoms with Gasteiger partial charge in [0.2, 0.25) is 0 Å². The van der Waals surface area contributed by atoms with E-state index >= 15 is 0 Å². The Hall–Kier alpha value is -1.31. The number of anilines is 1. The highest BCUT2D eigenvalue weighted by atomic mass is 32.1. The minimum absolute atomic E-state index is 0.0483. The van der Waals surface area contributed by atoms with Crippen LogP contribution in [0.3, 0.4) is 0 Å². The number of aromatic nitrogens is 1. The van der Waals surface area contributed by atoms with Crippen LogP contribution in [0.1, 0.15) is 22.5 Å². The molecule has 0 bridgehead atoms. The molecule has 1 aromatic rings. The van der Waals surface area contributed by atoms with Gasteiger partial charge in [0.05, 0.1) is 6.20 Å².